The molecule has 0 unspecified atom stereocenters. The maximum atomic E-state index is 11.5. The second-order valence-electron chi connectivity index (χ2n) is 5.23. The molecule has 0 heterocycles. The molecule has 0 spiro atoms. The van der Waals surface area contributed by atoms with E-state index in [1.807, 2.05) is 0 Å². The van der Waals surface area contributed by atoms with Gasteiger partial charge in [-0.15, -0.1) is 0 Å². The largest absolute Gasteiger partial charge is 0.355 e. The smallest absolute Gasteiger partial charge is 0.229 e. The monoisotopic (exact) mass is 250 g/mol. The van der Waals surface area contributed by atoms with Crippen molar-refractivity contribution in [3.8, 4) is 0 Å². The van der Waals surface area contributed by atoms with Crippen LogP contribution >= 0.6 is 0 Å². The fraction of sp³-hybridized carbons (Fsp3) is 0.714. The fourth-order valence-electron chi connectivity index (χ4n) is 2.21. The molecule has 1 fully saturated rings. The van der Waals surface area contributed by atoms with Crippen LogP contribution in [0.5, 0.6) is 0 Å². The Morgan fingerprint density at radius 1 is 1.22 bits per heavy atom. The highest BCUT2D eigenvalue weighted by molar-refractivity contribution is 5.97. The summed E-state index contributed by atoms with van der Waals surface area (Å²) in [4.78, 5) is 22.9. The minimum Gasteiger partial charge on any atom is -0.355 e. The van der Waals surface area contributed by atoms with E-state index in [1.165, 1.54) is 24.8 Å². The first-order chi connectivity index (χ1) is 8.74. The van der Waals surface area contributed by atoms with Crippen molar-refractivity contribution in [1.82, 2.24) is 10.6 Å². The molecule has 0 bridgehead atoms. The predicted molar refractivity (Wildman–Crippen MR) is 70.0 cm³/mol. The average molecular weight is 250 g/mol. The number of nitrogens with one attached hydrogen (secondary N) is 2. The lowest BCUT2D eigenvalue weighted by molar-refractivity contribution is -0.129. The normalized spacial score (nSPS) is 19.0. The summed E-state index contributed by atoms with van der Waals surface area (Å²) in [5.74, 6) is -0.309. The van der Waals surface area contributed by atoms with Crippen molar-refractivity contribution >= 4 is 11.8 Å². The Balaban J connectivity index is 1.56. The molecule has 0 aromatic rings. The summed E-state index contributed by atoms with van der Waals surface area (Å²) in [5, 5.41) is 5.63. The van der Waals surface area contributed by atoms with Gasteiger partial charge in [0.05, 0.1) is 0 Å². The third kappa shape index (κ3) is 4.90. The first-order valence-corrected chi connectivity index (χ1v) is 6.98. The highest BCUT2D eigenvalue weighted by Crippen LogP contribution is 2.19. The number of hydrogen-bond donors (Lipinski definition) is 2. The lowest BCUT2D eigenvalue weighted by atomic mass is 9.97. The van der Waals surface area contributed by atoms with E-state index in [-0.39, 0.29) is 18.2 Å². The van der Waals surface area contributed by atoms with Crippen molar-refractivity contribution in [1.29, 1.82) is 0 Å². The average Bonchev–Trinajstić information content (AvgIpc) is 3.14. The molecule has 18 heavy (non-hydrogen) atoms. The molecule has 4 nitrogen and oxygen atoms in total. The van der Waals surface area contributed by atoms with E-state index in [4.69, 9.17) is 0 Å². The number of rotatable bonds is 6. The zero-order valence-corrected chi connectivity index (χ0v) is 10.8. The van der Waals surface area contributed by atoms with Gasteiger partial charge in [-0.3, -0.25) is 9.59 Å². The van der Waals surface area contributed by atoms with Crippen LogP contribution < -0.4 is 10.6 Å². The summed E-state index contributed by atoms with van der Waals surface area (Å²) >= 11 is 0. The number of amides is 2. The SMILES string of the molecule is O=C(CC(=O)NC1CC1)NCCC1=CCCCC1. The highest BCUT2D eigenvalue weighted by Gasteiger charge is 2.23. The van der Waals surface area contributed by atoms with Gasteiger partial charge in [-0.25, -0.2) is 0 Å². The van der Waals surface area contributed by atoms with Gasteiger partial charge in [0.15, 0.2) is 0 Å². The van der Waals surface area contributed by atoms with Gasteiger partial charge in [-0.1, -0.05) is 11.6 Å². The first kappa shape index (κ1) is 13.1. The van der Waals surface area contributed by atoms with E-state index in [0.717, 1.165) is 25.7 Å². The van der Waals surface area contributed by atoms with Gasteiger partial charge >= 0.3 is 0 Å². The summed E-state index contributed by atoms with van der Waals surface area (Å²) in [5.41, 5.74) is 1.45. The summed E-state index contributed by atoms with van der Waals surface area (Å²) < 4.78 is 0. The second kappa shape index (κ2) is 6.57. The molecule has 0 saturated heterocycles. The standard InChI is InChI=1S/C14H22N2O2/c17-13(10-14(18)16-12-6-7-12)15-9-8-11-4-2-1-3-5-11/h4,12H,1-3,5-10H2,(H,15,17)(H,16,18). The Bertz CT molecular complexity index is 346. The van der Waals surface area contributed by atoms with E-state index < -0.39 is 0 Å². The van der Waals surface area contributed by atoms with Gasteiger partial charge in [-0.2, -0.15) is 0 Å². The van der Waals surface area contributed by atoms with Crippen molar-refractivity contribution < 1.29 is 9.59 Å². The molecule has 4 heteroatoms. The van der Waals surface area contributed by atoms with Crippen LogP contribution in [0.25, 0.3) is 0 Å². The van der Waals surface area contributed by atoms with Gasteiger partial charge in [0.2, 0.25) is 11.8 Å². The topological polar surface area (TPSA) is 58.2 Å². The maximum Gasteiger partial charge on any atom is 0.229 e. The lowest BCUT2D eigenvalue weighted by Gasteiger charge is -2.12. The van der Waals surface area contributed by atoms with Crippen LogP contribution in [0.15, 0.2) is 11.6 Å². The Labute approximate surface area is 108 Å². The van der Waals surface area contributed by atoms with Crippen LogP contribution in [-0.2, 0) is 9.59 Å². The van der Waals surface area contributed by atoms with Crippen LogP contribution in [0.1, 0.15) is 51.4 Å². The fourth-order valence-corrected chi connectivity index (χ4v) is 2.21. The predicted octanol–water partition coefficient (Wildman–Crippen LogP) is 1.66. The summed E-state index contributed by atoms with van der Waals surface area (Å²) in [6.45, 7) is 0.654. The first-order valence-electron chi connectivity index (χ1n) is 6.98. The number of hydrogen-bond acceptors (Lipinski definition) is 2. The highest BCUT2D eigenvalue weighted by atomic mass is 16.2. The van der Waals surface area contributed by atoms with Crippen LogP contribution in [0.2, 0.25) is 0 Å². The molecule has 0 aromatic heterocycles. The van der Waals surface area contributed by atoms with E-state index in [2.05, 4.69) is 16.7 Å². The van der Waals surface area contributed by atoms with E-state index >= 15 is 0 Å². The third-order valence-electron chi connectivity index (χ3n) is 3.42. The van der Waals surface area contributed by atoms with Crippen LogP contribution in [-0.4, -0.2) is 24.4 Å². The van der Waals surface area contributed by atoms with Gasteiger partial charge in [0, 0.05) is 12.6 Å². The van der Waals surface area contributed by atoms with E-state index in [0.29, 0.717) is 12.6 Å². The van der Waals surface area contributed by atoms with Crippen molar-refractivity contribution in [2.24, 2.45) is 0 Å². The molecule has 2 aliphatic rings. The second-order valence-corrected chi connectivity index (χ2v) is 5.23. The molecule has 2 amide bonds. The van der Waals surface area contributed by atoms with E-state index in [1.54, 1.807) is 0 Å². The summed E-state index contributed by atoms with van der Waals surface area (Å²) in [6, 6.07) is 0.331. The van der Waals surface area contributed by atoms with Crippen LogP contribution in [0, 0.1) is 0 Å². The summed E-state index contributed by atoms with van der Waals surface area (Å²) in [7, 11) is 0. The van der Waals surface area contributed by atoms with Crippen molar-refractivity contribution in [2.45, 2.75) is 57.4 Å². The van der Waals surface area contributed by atoms with Gasteiger partial charge in [0.1, 0.15) is 6.42 Å². The quantitative estimate of drug-likeness (QED) is 0.556. The molecule has 2 N–H and O–H groups in total. The van der Waals surface area contributed by atoms with Crippen molar-refractivity contribution in [2.75, 3.05) is 6.54 Å². The number of allylic oxidation sites excluding steroid dienone is 1. The van der Waals surface area contributed by atoms with E-state index in [9.17, 15) is 9.59 Å². The molecule has 100 valence electrons. The Morgan fingerprint density at radius 3 is 2.72 bits per heavy atom. The molecular weight excluding hydrogens is 228 g/mol. The van der Waals surface area contributed by atoms with Crippen LogP contribution in [0.3, 0.4) is 0 Å². The number of carbonyl (C=O) groups is 2. The molecular formula is C14H22N2O2. The molecule has 0 aliphatic heterocycles. The molecule has 1 saturated carbocycles. The molecule has 0 radical (unpaired) electrons. The Kier molecular flexibility index (Phi) is 4.79. The van der Waals surface area contributed by atoms with Gasteiger partial charge in [0.25, 0.3) is 0 Å². The van der Waals surface area contributed by atoms with Gasteiger partial charge < -0.3 is 10.6 Å². The lowest BCUT2D eigenvalue weighted by Crippen LogP contribution is -2.33. The molecule has 2 aliphatic carbocycles. The number of carbonyl (C=O) groups excluding carboxylic acids is 2. The molecule has 0 atom stereocenters. The Morgan fingerprint density at radius 2 is 2.06 bits per heavy atom. The Hall–Kier alpha value is -1.32. The van der Waals surface area contributed by atoms with Gasteiger partial charge in [-0.05, 0) is 44.9 Å². The van der Waals surface area contributed by atoms with Crippen molar-refractivity contribution in [3.05, 3.63) is 11.6 Å². The zero-order chi connectivity index (χ0) is 12.8. The van der Waals surface area contributed by atoms with Crippen LogP contribution in [0.4, 0.5) is 0 Å². The minimum atomic E-state index is -0.162. The molecule has 2 rings (SSSR count). The minimum absolute atomic E-state index is 0.0322. The molecule has 0 aromatic carbocycles. The van der Waals surface area contributed by atoms with Crippen molar-refractivity contribution in [3.63, 3.8) is 0 Å². The summed E-state index contributed by atoms with van der Waals surface area (Å²) in [6.07, 6.45) is 10.2. The maximum absolute atomic E-state index is 11.5. The zero-order valence-electron chi connectivity index (χ0n) is 10.8. The third-order valence-corrected chi connectivity index (χ3v) is 3.42.